The first-order valence-corrected chi connectivity index (χ1v) is 9.91. The second-order valence-corrected chi connectivity index (χ2v) is 7.46. The van der Waals surface area contributed by atoms with Crippen LogP contribution in [0.25, 0.3) is 22.5 Å². The summed E-state index contributed by atoms with van der Waals surface area (Å²) in [4.78, 5) is 13.5. The predicted molar refractivity (Wildman–Crippen MR) is 114 cm³/mol. The lowest BCUT2D eigenvalue weighted by Gasteiger charge is -2.10. The number of hydrogen-bond acceptors (Lipinski definition) is 7. The van der Waals surface area contributed by atoms with Gasteiger partial charge >= 0.3 is 0 Å². The quantitative estimate of drug-likeness (QED) is 0.368. The molecule has 31 heavy (non-hydrogen) atoms. The van der Waals surface area contributed by atoms with Crippen molar-refractivity contribution < 1.29 is 15.0 Å². The fourth-order valence-electron chi connectivity index (χ4n) is 4.07. The molecule has 9 heteroatoms. The molecule has 158 valence electrons. The van der Waals surface area contributed by atoms with Crippen molar-refractivity contribution >= 4 is 11.8 Å². The molecule has 1 aliphatic carbocycles. The highest BCUT2D eigenvalue weighted by atomic mass is 16.4. The molecule has 3 heterocycles. The van der Waals surface area contributed by atoms with Gasteiger partial charge in [-0.15, -0.1) is 0 Å². The maximum atomic E-state index is 10.3. The van der Waals surface area contributed by atoms with Gasteiger partial charge in [0.15, 0.2) is 0 Å². The third kappa shape index (κ3) is 3.69. The van der Waals surface area contributed by atoms with E-state index >= 15 is 0 Å². The molecule has 0 spiro atoms. The molecule has 0 amide bonds. The molecule has 0 radical (unpaired) electrons. The first-order chi connectivity index (χ1) is 14.9. The number of phenolic OH excluding ortho intramolecular Hbond substituents is 1. The van der Waals surface area contributed by atoms with Gasteiger partial charge in [0, 0.05) is 43.1 Å². The number of carboxylic acids is 1. The van der Waals surface area contributed by atoms with Crippen molar-refractivity contribution in [1.82, 2.24) is 20.1 Å². The fourth-order valence-corrected chi connectivity index (χ4v) is 4.07. The van der Waals surface area contributed by atoms with Crippen molar-refractivity contribution in [3.05, 3.63) is 46.6 Å². The Bertz CT molecular complexity index is 1200. The SMILES string of the molecule is CC(=O)O.N#Cc1c(N)nc2c(c1-c1cc3n(n1)CCCNC3)Cc1c(O)cccc1-2. The number of carbonyl (C=O) groups is 1. The van der Waals surface area contributed by atoms with Gasteiger partial charge < -0.3 is 21.3 Å². The summed E-state index contributed by atoms with van der Waals surface area (Å²) in [6.07, 6.45) is 1.52. The highest BCUT2D eigenvalue weighted by molar-refractivity contribution is 5.88. The molecule has 2 aromatic heterocycles. The van der Waals surface area contributed by atoms with E-state index < -0.39 is 5.97 Å². The van der Waals surface area contributed by atoms with Gasteiger partial charge in [-0.2, -0.15) is 10.4 Å². The van der Waals surface area contributed by atoms with Crippen LogP contribution in [0.3, 0.4) is 0 Å². The van der Waals surface area contributed by atoms with Crippen molar-refractivity contribution in [3.63, 3.8) is 0 Å². The monoisotopic (exact) mass is 418 g/mol. The van der Waals surface area contributed by atoms with E-state index in [1.54, 1.807) is 12.1 Å². The minimum Gasteiger partial charge on any atom is -0.508 e. The third-order valence-electron chi connectivity index (χ3n) is 5.35. The largest absolute Gasteiger partial charge is 0.508 e. The van der Waals surface area contributed by atoms with E-state index in [-0.39, 0.29) is 11.6 Å². The molecule has 0 atom stereocenters. The number of anilines is 1. The molecule has 1 aliphatic heterocycles. The van der Waals surface area contributed by atoms with Crippen LogP contribution in [0.4, 0.5) is 5.82 Å². The van der Waals surface area contributed by atoms with Gasteiger partial charge in [-0.3, -0.25) is 9.48 Å². The highest BCUT2D eigenvalue weighted by Gasteiger charge is 2.30. The van der Waals surface area contributed by atoms with Crippen LogP contribution >= 0.6 is 0 Å². The number of carboxylic acid groups (broad SMARTS) is 1. The van der Waals surface area contributed by atoms with Crippen LogP contribution in [-0.2, 0) is 24.3 Å². The number of pyridine rings is 1. The van der Waals surface area contributed by atoms with Crippen LogP contribution < -0.4 is 11.1 Å². The number of nitrogens with one attached hydrogen (secondary N) is 1. The number of aromatic nitrogens is 3. The smallest absolute Gasteiger partial charge is 0.300 e. The number of fused-ring (bicyclic) bond motifs is 4. The van der Waals surface area contributed by atoms with Crippen molar-refractivity contribution in [2.75, 3.05) is 12.3 Å². The zero-order valence-corrected chi connectivity index (χ0v) is 17.0. The molecule has 0 saturated carbocycles. The number of hydrogen-bond donors (Lipinski definition) is 4. The Labute approximate surface area is 178 Å². The van der Waals surface area contributed by atoms with Gasteiger partial charge in [0.25, 0.3) is 5.97 Å². The van der Waals surface area contributed by atoms with E-state index in [1.165, 1.54) is 0 Å². The summed E-state index contributed by atoms with van der Waals surface area (Å²) in [5, 5.41) is 35.6. The van der Waals surface area contributed by atoms with Crippen LogP contribution in [0, 0.1) is 11.3 Å². The van der Waals surface area contributed by atoms with E-state index in [2.05, 4.69) is 16.4 Å². The molecule has 3 aromatic rings. The summed E-state index contributed by atoms with van der Waals surface area (Å²) in [7, 11) is 0. The Balaban J connectivity index is 0.000000535. The van der Waals surface area contributed by atoms with Gasteiger partial charge in [0.2, 0.25) is 0 Å². The van der Waals surface area contributed by atoms with E-state index in [0.717, 1.165) is 72.3 Å². The minimum atomic E-state index is -0.833. The molecule has 0 bridgehead atoms. The number of nitrogen functional groups attached to an aromatic ring is 1. The normalized spacial score (nSPS) is 13.7. The average Bonchev–Trinajstić information content (AvgIpc) is 3.21. The highest BCUT2D eigenvalue weighted by Crippen LogP contribution is 2.45. The molecule has 5 rings (SSSR count). The van der Waals surface area contributed by atoms with Crippen LogP contribution in [-0.4, -0.2) is 37.5 Å². The number of nitrogens with two attached hydrogens (primary N) is 1. The van der Waals surface area contributed by atoms with Crippen LogP contribution in [0.2, 0.25) is 0 Å². The summed E-state index contributed by atoms with van der Waals surface area (Å²) in [5.74, 6) is -0.401. The van der Waals surface area contributed by atoms with E-state index in [0.29, 0.717) is 12.0 Å². The van der Waals surface area contributed by atoms with Crippen LogP contribution in [0.1, 0.15) is 35.7 Å². The Hall–Kier alpha value is -3.90. The van der Waals surface area contributed by atoms with Gasteiger partial charge in [-0.25, -0.2) is 4.98 Å². The third-order valence-corrected chi connectivity index (χ3v) is 5.35. The van der Waals surface area contributed by atoms with Crippen molar-refractivity contribution in [2.24, 2.45) is 0 Å². The Morgan fingerprint density at radius 1 is 1.35 bits per heavy atom. The van der Waals surface area contributed by atoms with E-state index in [9.17, 15) is 10.4 Å². The molecule has 0 saturated heterocycles. The maximum absolute atomic E-state index is 10.3. The second kappa shape index (κ2) is 8.08. The molecular formula is C22H22N6O3. The van der Waals surface area contributed by atoms with Crippen molar-refractivity contribution in [3.8, 4) is 34.3 Å². The van der Waals surface area contributed by atoms with Crippen LogP contribution in [0.5, 0.6) is 5.75 Å². The Morgan fingerprint density at radius 3 is 2.87 bits per heavy atom. The zero-order valence-electron chi connectivity index (χ0n) is 17.0. The Kier molecular flexibility index (Phi) is 5.31. The number of rotatable bonds is 1. The number of phenols is 1. The summed E-state index contributed by atoms with van der Waals surface area (Å²) in [5.41, 5.74) is 12.4. The average molecular weight is 418 g/mol. The number of aryl methyl sites for hydroxylation is 1. The van der Waals surface area contributed by atoms with Crippen LogP contribution in [0.15, 0.2) is 24.3 Å². The molecule has 9 nitrogen and oxygen atoms in total. The summed E-state index contributed by atoms with van der Waals surface area (Å²) in [6, 6.07) is 9.63. The molecule has 0 unspecified atom stereocenters. The minimum absolute atomic E-state index is 0.198. The number of aliphatic carboxylic acids is 1. The molecule has 5 N–H and O–H groups in total. The molecule has 0 fully saturated rings. The molecule has 2 aliphatic rings. The van der Waals surface area contributed by atoms with Gasteiger partial charge in [0.05, 0.1) is 17.1 Å². The number of benzene rings is 1. The predicted octanol–water partition coefficient (Wildman–Crippen LogP) is 2.26. The topological polar surface area (TPSA) is 150 Å². The second-order valence-electron chi connectivity index (χ2n) is 7.46. The van der Waals surface area contributed by atoms with Crippen molar-refractivity contribution in [1.29, 1.82) is 5.26 Å². The summed E-state index contributed by atoms with van der Waals surface area (Å²) in [6.45, 7) is 3.64. The lowest BCUT2D eigenvalue weighted by molar-refractivity contribution is -0.134. The standard InChI is InChI=1S/C20H18N6O.C2H4O2/c21-9-15-18(16-7-11-10-23-5-2-6-26(11)25-16)14-8-13-12(3-1-4-17(13)27)19(14)24-20(15)22;1-2(3)4/h1,3-4,7,23,27H,2,5-6,8,10H2,(H2,22,24);1H3,(H,3,4). The molecule has 1 aromatic carbocycles. The van der Waals surface area contributed by atoms with E-state index in [4.69, 9.17) is 20.7 Å². The van der Waals surface area contributed by atoms with Crippen molar-refractivity contribution in [2.45, 2.75) is 32.9 Å². The zero-order chi connectivity index (χ0) is 22.1. The maximum Gasteiger partial charge on any atom is 0.300 e. The first kappa shape index (κ1) is 20.4. The Morgan fingerprint density at radius 2 is 2.13 bits per heavy atom. The first-order valence-electron chi connectivity index (χ1n) is 9.91. The number of aromatic hydroxyl groups is 1. The van der Waals surface area contributed by atoms with Gasteiger partial charge in [0.1, 0.15) is 23.2 Å². The lowest BCUT2D eigenvalue weighted by Crippen LogP contribution is -2.11. The van der Waals surface area contributed by atoms with Gasteiger partial charge in [-0.1, -0.05) is 12.1 Å². The summed E-state index contributed by atoms with van der Waals surface area (Å²) < 4.78 is 2.00. The van der Waals surface area contributed by atoms with Gasteiger partial charge in [-0.05, 0) is 30.7 Å². The summed E-state index contributed by atoms with van der Waals surface area (Å²) >= 11 is 0. The van der Waals surface area contributed by atoms with E-state index in [1.807, 2.05) is 16.8 Å². The molecular weight excluding hydrogens is 396 g/mol. The fraction of sp³-hybridized carbons (Fsp3) is 0.273. The lowest BCUT2D eigenvalue weighted by atomic mass is 9.97. The number of nitrogens with zero attached hydrogens (tertiary/aromatic N) is 4. The number of nitriles is 1.